The lowest BCUT2D eigenvalue weighted by Gasteiger charge is -2.33. The van der Waals surface area contributed by atoms with E-state index in [4.69, 9.17) is 37.8 Å². The number of ether oxygens (including phenoxy) is 2. The van der Waals surface area contributed by atoms with Crippen LogP contribution in [0.15, 0.2) is 102 Å². The molecule has 208 valence electrons. The van der Waals surface area contributed by atoms with E-state index in [1.165, 1.54) is 6.92 Å². The summed E-state index contributed by atoms with van der Waals surface area (Å²) in [6.45, 7) is 3.74. The standard InChI is InChI=1S/C32H27Cl2N3O4/c1-3-40-32(39)22-13-16-26(17-14-22)37-31(36(30(35-37)21(2)38)25-10-5-4-6-11-25)27-19-24(33)15-18-29(27)41-20-23-9-7-8-12-28(23)34/h4-19,31H,3,20H2,1-2H3. The van der Waals surface area contributed by atoms with Gasteiger partial charge in [-0.05, 0) is 67.6 Å². The first-order valence-electron chi connectivity index (χ1n) is 13.0. The second-order valence-corrected chi connectivity index (χ2v) is 10.1. The van der Waals surface area contributed by atoms with E-state index in [0.29, 0.717) is 32.6 Å². The number of carbonyl (C=O) groups is 2. The lowest BCUT2D eigenvalue weighted by atomic mass is 10.1. The number of hydrogen-bond donors (Lipinski definition) is 0. The fourth-order valence-electron chi connectivity index (χ4n) is 4.58. The zero-order valence-electron chi connectivity index (χ0n) is 22.5. The van der Waals surface area contributed by atoms with Gasteiger partial charge in [0.1, 0.15) is 12.4 Å². The Morgan fingerprint density at radius 2 is 1.59 bits per heavy atom. The highest BCUT2D eigenvalue weighted by Crippen LogP contribution is 2.43. The summed E-state index contributed by atoms with van der Waals surface area (Å²) >= 11 is 12.9. The Hall–Kier alpha value is -4.33. The number of ketones is 1. The van der Waals surface area contributed by atoms with Crippen LogP contribution in [-0.2, 0) is 16.1 Å². The highest BCUT2D eigenvalue weighted by molar-refractivity contribution is 6.44. The van der Waals surface area contributed by atoms with E-state index < -0.39 is 12.1 Å². The third-order valence-corrected chi connectivity index (χ3v) is 7.09. The van der Waals surface area contributed by atoms with Crippen LogP contribution in [0.4, 0.5) is 11.4 Å². The SMILES string of the molecule is CCOC(=O)c1ccc(N2N=C(C(C)=O)N(c3ccccc3)C2c2cc(Cl)ccc2OCc2ccccc2Cl)cc1. The van der Waals surface area contributed by atoms with Crippen molar-refractivity contribution in [2.45, 2.75) is 26.6 Å². The van der Waals surface area contributed by atoms with E-state index in [1.54, 1.807) is 48.3 Å². The van der Waals surface area contributed by atoms with Gasteiger partial charge >= 0.3 is 5.97 Å². The second-order valence-electron chi connectivity index (χ2n) is 9.23. The van der Waals surface area contributed by atoms with Gasteiger partial charge in [0.05, 0.1) is 17.9 Å². The van der Waals surface area contributed by atoms with Gasteiger partial charge in [-0.2, -0.15) is 0 Å². The lowest BCUT2D eigenvalue weighted by Crippen LogP contribution is -2.38. The van der Waals surface area contributed by atoms with Crippen LogP contribution in [0.3, 0.4) is 0 Å². The Balaban J connectivity index is 1.62. The van der Waals surface area contributed by atoms with Crippen molar-refractivity contribution in [2.24, 2.45) is 5.10 Å². The van der Waals surface area contributed by atoms with Crippen LogP contribution in [0.1, 0.15) is 41.5 Å². The molecule has 4 aromatic rings. The van der Waals surface area contributed by atoms with E-state index in [2.05, 4.69) is 0 Å². The molecule has 0 amide bonds. The molecule has 1 unspecified atom stereocenters. The number of Topliss-reactive ketones (excluding diaryl/α,β-unsaturated/α-hetero) is 1. The van der Waals surface area contributed by atoms with Crippen LogP contribution in [-0.4, -0.2) is 24.2 Å². The molecular weight excluding hydrogens is 561 g/mol. The van der Waals surface area contributed by atoms with E-state index in [9.17, 15) is 9.59 Å². The number of amidine groups is 1. The minimum absolute atomic E-state index is 0.218. The number of anilines is 2. The Bertz CT molecular complexity index is 1590. The first-order valence-corrected chi connectivity index (χ1v) is 13.8. The Morgan fingerprint density at radius 1 is 0.878 bits per heavy atom. The van der Waals surface area contributed by atoms with Crippen molar-refractivity contribution < 1.29 is 19.1 Å². The lowest BCUT2D eigenvalue weighted by molar-refractivity contribution is -0.111. The Morgan fingerprint density at radius 3 is 2.27 bits per heavy atom. The number of para-hydroxylation sites is 1. The van der Waals surface area contributed by atoms with Crippen molar-refractivity contribution in [1.29, 1.82) is 0 Å². The molecule has 41 heavy (non-hydrogen) atoms. The van der Waals surface area contributed by atoms with E-state index in [1.807, 2.05) is 65.6 Å². The molecule has 0 saturated heterocycles. The topological polar surface area (TPSA) is 71.4 Å². The molecule has 1 heterocycles. The number of esters is 1. The van der Waals surface area contributed by atoms with Crippen LogP contribution in [0.25, 0.3) is 0 Å². The van der Waals surface area contributed by atoms with Crippen LogP contribution in [0.5, 0.6) is 5.75 Å². The van der Waals surface area contributed by atoms with Crippen molar-refractivity contribution in [3.63, 3.8) is 0 Å². The zero-order valence-corrected chi connectivity index (χ0v) is 24.0. The average Bonchev–Trinajstić information content (AvgIpc) is 3.39. The maximum absolute atomic E-state index is 13.0. The highest BCUT2D eigenvalue weighted by Gasteiger charge is 2.41. The van der Waals surface area contributed by atoms with Crippen LogP contribution < -0.4 is 14.6 Å². The van der Waals surface area contributed by atoms with E-state index in [0.717, 1.165) is 11.3 Å². The second kappa shape index (κ2) is 12.5. The molecule has 7 nitrogen and oxygen atoms in total. The summed E-state index contributed by atoms with van der Waals surface area (Å²) in [4.78, 5) is 27.1. The molecule has 9 heteroatoms. The highest BCUT2D eigenvalue weighted by atomic mass is 35.5. The van der Waals surface area contributed by atoms with E-state index in [-0.39, 0.29) is 24.8 Å². The van der Waals surface area contributed by atoms with E-state index >= 15 is 0 Å². The van der Waals surface area contributed by atoms with Gasteiger partial charge in [-0.3, -0.25) is 9.69 Å². The number of hydrazone groups is 1. The quantitative estimate of drug-likeness (QED) is 0.187. The fourth-order valence-corrected chi connectivity index (χ4v) is 4.95. The van der Waals surface area contributed by atoms with Gasteiger partial charge in [-0.15, -0.1) is 5.10 Å². The predicted octanol–water partition coefficient (Wildman–Crippen LogP) is 7.68. The number of rotatable bonds is 9. The number of carbonyl (C=O) groups excluding carboxylic acids is 2. The van der Waals surface area contributed by atoms with Crippen LogP contribution >= 0.6 is 23.2 Å². The molecule has 0 bridgehead atoms. The number of benzene rings is 4. The zero-order chi connectivity index (χ0) is 28.9. The summed E-state index contributed by atoms with van der Waals surface area (Å²) < 4.78 is 11.5. The molecule has 0 N–H and O–H groups in total. The molecule has 1 atom stereocenters. The number of hydrogen-bond acceptors (Lipinski definition) is 7. The van der Waals surface area contributed by atoms with Crippen molar-refractivity contribution in [2.75, 3.05) is 16.5 Å². The van der Waals surface area contributed by atoms with Gasteiger partial charge in [0.15, 0.2) is 17.8 Å². The molecule has 0 aliphatic carbocycles. The molecule has 1 aliphatic heterocycles. The summed E-state index contributed by atoms with van der Waals surface area (Å²) in [5, 5.41) is 7.60. The molecule has 4 aromatic carbocycles. The molecule has 0 saturated carbocycles. The number of nitrogens with zero attached hydrogens (tertiary/aromatic N) is 3. The largest absolute Gasteiger partial charge is 0.488 e. The summed E-state index contributed by atoms with van der Waals surface area (Å²) in [6, 6.07) is 29.2. The third kappa shape index (κ3) is 6.06. The van der Waals surface area contributed by atoms with Gasteiger partial charge in [0.25, 0.3) is 0 Å². The normalized spacial score (nSPS) is 14.5. The Labute approximate surface area is 248 Å². The van der Waals surface area contributed by atoms with Crippen molar-refractivity contribution >= 4 is 52.2 Å². The maximum atomic E-state index is 13.0. The summed E-state index contributed by atoms with van der Waals surface area (Å²) in [5.41, 5.74) is 3.33. The summed E-state index contributed by atoms with van der Waals surface area (Å²) in [6.07, 6.45) is -0.648. The van der Waals surface area contributed by atoms with Crippen LogP contribution in [0.2, 0.25) is 10.0 Å². The predicted molar refractivity (Wildman–Crippen MR) is 162 cm³/mol. The molecule has 0 radical (unpaired) electrons. The molecule has 0 fully saturated rings. The smallest absolute Gasteiger partial charge is 0.338 e. The minimum Gasteiger partial charge on any atom is -0.488 e. The van der Waals surface area contributed by atoms with Crippen molar-refractivity contribution in [3.05, 3.63) is 124 Å². The fraction of sp³-hybridized carbons (Fsp3) is 0.156. The Kier molecular flexibility index (Phi) is 8.57. The molecule has 0 aromatic heterocycles. The monoisotopic (exact) mass is 587 g/mol. The van der Waals surface area contributed by atoms with Gasteiger partial charge in [0.2, 0.25) is 0 Å². The molecule has 5 rings (SSSR count). The summed E-state index contributed by atoms with van der Waals surface area (Å²) in [7, 11) is 0. The van der Waals surface area contributed by atoms with Crippen LogP contribution in [0, 0.1) is 0 Å². The first-order chi connectivity index (χ1) is 19.9. The molecule has 0 spiro atoms. The first kappa shape index (κ1) is 28.2. The molecule has 1 aliphatic rings. The van der Waals surface area contributed by atoms with Crippen molar-refractivity contribution in [3.8, 4) is 5.75 Å². The average molecular weight is 588 g/mol. The van der Waals surface area contributed by atoms with Gasteiger partial charge in [-0.1, -0.05) is 59.6 Å². The van der Waals surface area contributed by atoms with Gasteiger partial charge in [0, 0.05) is 33.8 Å². The number of halogens is 2. The minimum atomic E-state index is -0.648. The van der Waals surface area contributed by atoms with Gasteiger partial charge in [-0.25, -0.2) is 9.80 Å². The van der Waals surface area contributed by atoms with Gasteiger partial charge < -0.3 is 9.47 Å². The third-order valence-electron chi connectivity index (χ3n) is 6.49. The summed E-state index contributed by atoms with van der Waals surface area (Å²) in [5.74, 6) is 0.159. The van der Waals surface area contributed by atoms with Crippen molar-refractivity contribution in [1.82, 2.24) is 0 Å². The maximum Gasteiger partial charge on any atom is 0.338 e. The molecular formula is C32H27Cl2N3O4.